The molecule has 3 N–H and O–H groups in total. The van der Waals surface area contributed by atoms with E-state index < -0.39 is 0 Å². The SMILES string of the molecule is C=CCCOc1nc(N)c2c(n1)N(Cc1cccc(CN3CCCC3)c1)CC(=O)N2. The van der Waals surface area contributed by atoms with Crippen LogP contribution < -0.4 is 20.7 Å². The molecule has 2 aromatic rings. The Bertz CT molecular complexity index is 926. The van der Waals surface area contributed by atoms with Crippen molar-refractivity contribution in [1.82, 2.24) is 14.9 Å². The fourth-order valence-electron chi connectivity index (χ4n) is 3.90. The molecule has 0 radical (unpaired) electrons. The van der Waals surface area contributed by atoms with Crippen molar-refractivity contribution in [3.05, 3.63) is 48.0 Å². The Hall–Kier alpha value is -3.13. The lowest BCUT2D eigenvalue weighted by Gasteiger charge is -2.30. The van der Waals surface area contributed by atoms with E-state index in [1.165, 1.54) is 18.4 Å². The highest BCUT2D eigenvalue weighted by molar-refractivity contribution is 6.03. The van der Waals surface area contributed by atoms with E-state index in [0.29, 0.717) is 31.1 Å². The number of likely N-dealkylation sites (tertiary alicyclic amines) is 1. The van der Waals surface area contributed by atoms with Gasteiger partial charge in [-0.3, -0.25) is 9.69 Å². The number of carbonyl (C=O) groups is 1. The lowest BCUT2D eigenvalue weighted by atomic mass is 10.1. The molecule has 3 heterocycles. The van der Waals surface area contributed by atoms with Crippen molar-refractivity contribution in [2.24, 2.45) is 0 Å². The van der Waals surface area contributed by atoms with Crippen LogP contribution in [0.3, 0.4) is 0 Å². The zero-order valence-electron chi connectivity index (χ0n) is 17.1. The number of nitrogens with one attached hydrogen (secondary N) is 1. The van der Waals surface area contributed by atoms with Crippen LogP contribution >= 0.6 is 0 Å². The number of aromatic nitrogens is 2. The summed E-state index contributed by atoms with van der Waals surface area (Å²) in [5, 5.41) is 2.79. The Morgan fingerprint density at radius 1 is 1.20 bits per heavy atom. The van der Waals surface area contributed by atoms with Crippen LogP contribution in [0.1, 0.15) is 30.4 Å². The van der Waals surface area contributed by atoms with Gasteiger partial charge in [0, 0.05) is 13.1 Å². The number of hydrogen-bond donors (Lipinski definition) is 2. The molecular weight excluding hydrogens is 380 g/mol. The number of ether oxygens (including phenoxy) is 1. The summed E-state index contributed by atoms with van der Waals surface area (Å²) < 4.78 is 5.59. The zero-order valence-corrected chi connectivity index (χ0v) is 17.1. The maximum Gasteiger partial charge on any atom is 0.320 e. The smallest absolute Gasteiger partial charge is 0.320 e. The molecule has 8 heteroatoms. The first-order valence-electron chi connectivity index (χ1n) is 10.4. The van der Waals surface area contributed by atoms with Crippen molar-refractivity contribution in [3.8, 4) is 6.01 Å². The number of rotatable bonds is 8. The van der Waals surface area contributed by atoms with Gasteiger partial charge in [0.2, 0.25) is 5.91 Å². The number of hydrogen-bond acceptors (Lipinski definition) is 7. The van der Waals surface area contributed by atoms with Gasteiger partial charge in [0.15, 0.2) is 11.6 Å². The van der Waals surface area contributed by atoms with E-state index in [2.05, 4.69) is 51.0 Å². The minimum atomic E-state index is -0.133. The Balaban J connectivity index is 1.54. The monoisotopic (exact) mass is 408 g/mol. The number of nitrogen functional groups attached to an aromatic ring is 1. The van der Waals surface area contributed by atoms with Crippen LogP contribution in [0.25, 0.3) is 0 Å². The maximum absolute atomic E-state index is 12.3. The number of benzene rings is 1. The first kappa shape index (κ1) is 20.2. The molecule has 0 unspecified atom stereocenters. The molecule has 1 aromatic carbocycles. The summed E-state index contributed by atoms with van der Waals surface area (Å²) in [7, 11) is 0. The van der Waals surface area contributed by atoms with E-state index in [1.807, 2.05) is 4.90 Å². The van der Waals surface area contributed by atoms with Crippen LogP contribution in [0.2, 0.25) is 0 Å². The van der Waals surface area contributed by atoms with Gasteiger partial charge in [-0.15, -0.1) is 6.58 Å². The molecule has 0 atom stereocenters. The van der Waals surface area contributed by atoms with Gasteiger partial charge in [0.05, 0.1) is 13.2 Å². The molecule has 1 aromatic heterocycles. The molecule has 0 spiro atoms. The largest absolute Gasteiger partial charge is 0.463 e. The minimum Gasteiger partial charge on any atom is -0.463 e. The van der Waals surface area contributed by atoms with Gasteiger partial charge < -0.3 is 20.7 Å². The fourth-order valence-corrected chi connectivity index (χ4v) is 3.90. The van der Waals surface area contributed by atoms with Crippen molar-refractivity contribution >= 4 is 23.2 Å². The molecule has 4 rings (SSSR count). The molecule has 1 amide bonds. The van der Waals surface area contributed by atoms with Crippen molar-refractivity contribution < 1.29 is 9.53 Å². The Morgan fingerprint density at radius 3 is 2.73 bits per heavy atom. The average molecular weight is 409 g/mol. The van der Waals surface area contributed by atoms with Gasteiger partial charge >= 0.3 is 6.01 Å². The molecule has 0 aliphatic carbocycles. The molecule has 158 valence electrons. The predicted octanol–water partition coefficient (Wildman–Crippen LogP) is 2.57. The Morgan fingerprint density at radius 2 is 1.97 bits per heavy atom. The molecular formula is C22H28N6O2. The average Bonchev–Trinajstić information content (AvgIpc) is 3.22. The number of nitrogens with zero attached hydrogens (tertiary/aromatic N) is 4. The minimum absolute atomic E-state index is 0.133. The van der Waals surface area contributed by atoms with E-state index >= 15 is 0 Å². The topological polar surface area (TPSA) is 96.6 Å². The second-order valence-electron chi connectivity index (χ2n) is 7.72. The van der Waals surface area contributed by atoms with E-state index in [1.54, 1.807) is 6.08 Å². The van der Waals surface area contributed by atoms with Crippen molar-refractivity contribution in [1.29, 1.82) is 0 Å². The van der Waals surface area contributed by atoms with Crippen LogP contribution in [0, 0.1) is 0 Å². The molecule has 2 aliphatic heterocycles. The number of nitrogens with two attached hydrogens (primary N) is 1. The Kier molecular flexibility index (Phi) is 6.13. The van der Waals surface area contributed by atoms with E-state index in [4.69, 9.17) is 10.5 Å². The normalized spacial score (nSPS) is 16.3. The summed E-state index contributed by atoms with van der Waals surface area (Å²) in [6.07, 6.45) is 5.00. The van der Waals surface area contributed by atoms with Crippen LogP contribution in [0.5, 0.6) is 6.01 Å². The van der Waals surface area contributed by atoms with Crippen LogP contribution in [0.15, 0.2) is 36.9 Å². The van der Waals surface area contributed by atoms with Gasteiger partial charge in [-0.05, 0) is 43.5 Å². The number of anilines is 3. The summed E-state index contributed by atoms with van der Waals surface area (Å²) in [5.41, 5.74) is 8.93. The van der Waals surface area contributed by atoms with E-state index in [-0.39, 0.29) is 24.3 Å². The molecule has 30 heavy (non-hydrogen) atoms. The maximum atomic E-state index is 12.3. The summed E-state index contributed by atoms with van der Waals surface area (Å²) >= 11 is 0. The molecule has 1 saturated heterocycles. The zero-order chi connectivity index (χ0) is 20.9. The first-order valence-corrected chi connectivity index (χ1v) is 10.4. The van der Waals surface area contributed by atoms with Crippen molar-refractivity contribution in [3.63, 3.8) is 0 Å². The summed E-state index contributed by atoms with van der Waals surface area (Å²) in [4.78, 5) is 25.3. The molecule has 8 nitrogen and oxygen atoms in total. The third-order valence-electron chi connectivity index (χ3n) is 5.32. The molecule has 2 aliphatic rings. The molecule has 0 saturated carbocycles. The van der Waals surface area contributed by atoms with Gasteiger partial charge in [0.25, 0.3) is 0 Å². The van der Waals surface area contributed by atoms with Crippen LogP contribution in [0.4, 0.5) is 17.3 Å². The number of fused-ring (bicyclic) bond motifs is 1. The summed E-state index contributed by atoms with van der Waals surface area (Å²) in [6.45, 7) is 8.14. The van der Waals surface area contributed by atoms with E-state index in [9.17, 15) is 4.79 Å². The summed E-state index contributed by atoms with van der Waals surface area (Å²) in [5.74, 6) is 0.654. The second kappa shape index (κ2) is 9.13. The molecule has 0 bridgehead atoms. The van der Waals surface area contributed by atoms with Crippen LogP contribution in [-0.4, -0.2) is 47.0 Å². The standard InChI is InChI=1S/C22H28N6O2/c1-2-3-11-30-22-25-20(23)19-21(26-22)28(15-18(29)24-19)14-17-8-6-7-16(12-17)13-27-9-4-5-10-27/h2,6-8,12H,1,3-5,9-11,13-15H2,(H,24,29)(H2,23,25,26). The quantitative estimate of drug-likeness (QED) is 0.512. The van der Waals surface area contributed by atoms with Crippen molar-refractivity contribution in [2.45, 2.75) is 32.4 Å². The van der Waals surface area contributed by atoms with Crippen molar-refractivity contribution in [2.75, 3.05) is 42.2 Å². The third-order valence-corrected chi connectivity index (χ3v) is 5.32. The van der Waals surface area contributed by atoms with Gasteiger partial charge in [-0.1, -0.05) is 30.3 Å². The lowest BCUT2D eigenvalue weighted by Crippen LogP contribution is -2.39. The summed E-state index contributed by atoms with van der Waals surface area (Å²) in [6, 6.07) is 8.72. The fraction of sp³-hybridized carbons (Fsp3) is 0.409. The molecule has 1 fully saturated rings. The number of carbonyl (C=O) groups excluding carboxylic acids is 1. The Labute approximate surface area is 176 Å². The highest BCUT2D eigenvalue weighted by atomic mass is 16.5. The highest BCUT2D eigenvalue weighted by Gasteiger charge is 2.27. The third kappa shape index (κ3) is 4.71. The van der Waals surface area contributed by atoms with Gasteiger partial charge in [0.1, 0.15) is 5.69 Å². The van der Waals surface area contributed by atoms with Gasteiger partial charge in [-0.2, -0.15) is 9.97 Å². The number of amides is 1. The second-order valence-corrected chi connectivity index (χ2v) is 7.72. The van der Waals surface area contributed by atoms with Gasteiger partial charge in [-0.25, -0.2) is 0 Å². The first-order chi connectivity index (χ1) is 14.6. The van der Waals surface area contributed by atoms with E-state index in [0.717, 1.165) is 25.2 Å². The predicted molar refractivity (Wildman–Crippen MR) is 117 cm³/mol. The van der Waals surface area contributed by atoms with Crippen LogP contribution in [-0.2, 0) is 17.9 Å². The lowest BCUT2D eigenvalue weighted by molar-refractivity contribution is -0.115. The highest BCUT2D eigenvalue weighted by Crippen LogP contribution is 2.34.